The lowest BCUT2D eigenvalue weighted by molar-refractivity contribution is 0.126. The number of rotatable bonds is 9. The first-order chi connectivity index (χ1) is 8.63. The van der Waals surface area contributed by atoms with Gasteiger partial charge in [-0.25, -0.2) is 4.98 Å². The third-order valence-electron chi connectivity index (χ3n) is 2.64. The number of nitrogens with one attached hydrogen (secondary N) is 1. The SMILES string of the molecule is CCCCOCCCn1cc(C)nc1NC(C)C. The largest absolute Gasteiger partial charge is 0.381 e. The van der Waals surface area contributed by atoms with E-state index in [2.05, 4.69) is 41.8 Å². The molecular weight excluding hydrogens is 226 g/mol. The summed E-state index contributed by atoms with van der Waals surface area (Å²) in [6.07, 6.45) is 5.48. The smallest absolute Gasteiger partial charge is 0.203 e. The summed E-state index contributed by atoms with van der Waals surface area (Å²) in [5.41, 5.74) is 1.06. The third-order valence-corrected chi connectivity index (χ3v) is 2.64. The normalized spacial score (nSPS) is 11.2. The molecule has 0 aromatic carbocycles. The highest BCUT2D eigenvalue weighted by Crippen LogP contribution is 2.10. The van der Waals surface area contributed by atoms with Crippen molar-refractivity contribution in [3.8, 4) is 0 Å². The molecule has 1 heterocycles. The molecule has 0 amide bonds. The van der Waals surface area contributed by atoms with Crippen LogP contribution in [0.15, 0.2) is 6.20 Å². The van der Waals surface area contributed by atoms with Gasteiger partial charge in [0.2, 0.25) is 5.95 Å². The topological polar surface area (TPSA) is 39.1 Å². The van der Waals surface area contributed by atoms with Crippen molar-refractivity contribution < 1.29 is 4.74 Å². The van der Waals surface area contributed by atoms with Crippen LogP contribution in [-0.2, 0) is 11.3 Å². The maximum atomic E-state index is 5.57. The Morgan fingerprint density at radius 1 is 1.33 bits per heavy atom. The third kappa shape index (κ3) is 5.54. The lowest BCUT2D eigenvalue weighted by Crippen LogP contribution is -2.15. The van der Waals surface area contributed by atoms with Crippen LogP contribution in [-0.4, -0.2) is 28.8 Å². The highest BCUT2D eigenvalue weighted by molar-refractivity contribution is 5.29. The molecule has 1 rings (SSSR count). The van der Waals surface area contributed by atoms with E-state index in [1.165, 1.54) is 6.42 Å². The van der Waals surface area contributed by atoms with Gasteiger partial charge in [0.1, 0.15) is 0 Å². The summed E-state index contributed by atoms with van der Waals surface area (Å²) in [4.78, 5) is 4.49. The van der Waals surface area contributed by atoms with E-state index in [9.17, 15) is 0 Å². The molecule has 1 aromatic heterocycles. The van der Waals surface area contributed by atoms with Crippen molar-refractivity contribution in [2.75, 3.05) is 18.5 Å². The zero-order chi connectivity index (χ0) is 13.4. The van der Waals surface area contributed by atoms with E-state index in [1.54, 1.807) is 0 Å². The van der Waals surface area contributed by atoms with Crippen molar-refractivity contribution in [2.45, 2.75) is 59.5 Å². The highest BCUT2D eigenvalue weighted by atomic mass is 16.5. The highest BCUT2D eigenvalue weighted by Gasteiger charge is 2.06. The van der Waals surface area contributed by atoms with Gasteiger partial charge < -0.3 is 14.6 Å². The first-order valence-electron chi connectivity index (χ1n) is 7.01. The molecule has 0 bridgehead atoms. The Morgan fingerprint density at radius 2 is 2.06 bits per heavy atom. The van der Waals surface area contributed by atoms with E-state index in [1.807, 2.05) is 6.92 Å². The summed E-state index contributed by atoms with van der Waals surface area (Å²) in [7, 11) is 0. The molecule has 0 unspecified atom stereocenters. The molecule has 4 heteroatoms. The molecule has 4 nitrogen and oxygen atoms in total. The molecule has 0 atom stereocenters. The van der Waals surface area contributed by atoms with Gasteiger partial charge in [-0.1, -0.05) is 13.3 Å². The van der Waals surface area contributed by atoms with Gasteiger partial charge in [-0.05, 0) is 33.6 Å². The van der Waals surface area contributed by atoms with E-state index in [0.29, 0.717) is 6.04 Å². The molecule has 0 aliphatic heterocycles. The van der Waals surface area contributed by atoms with Gasteiger partial charge in [-0.2, -0.15) is 0 Å². The molecule has 1 N–H and O–H groups in total. The number of ether oxygens (including phenoxy) is 1. The summed E-state index contributed by atoms with van der Waals surface area (Å²) in [6, 6.07) is 0.409. The lowest BCUT2D eigenvalue weighted by atomic mass is 10.3. The number of hydrogen-bond donors (Lipinski definition) is 1. The summed E-state index contributed by atoms with van der Waals surface area (Å²) in [5, 5.41) is 3.37. The Kier molecular flexibility index (Phi) is 6.80. The van der Waals surface area contributed by atoms with Crippen molar-refractivity contribution in [1.29, 1.82) is 0 Å². The molecule has 18 heavy (non-hydrogen) atoms. The summed E-state index contributed by atoms with van der Waals surface area (Å²) in [5.74, 6) is 0.969. The van der Waals surface area contributed by atoms with E-state index in [4.69, 9.17) is 4.74 Å². The Bertz CT molecular complexity index is 334. The number of imidazole rings is 1. The fourth-order valence-corrected chi connectivity index (χ4v) is 1.78. The minimum Gasteiger partial charge on any atom is -0.381 e. The first-order valence-corrected chi connectivity index (χ1v) is 7.01. The molecule has 0 fully saturated rings. The molecular formula is C14H27N3O. The van der Waals surface area contributed by atoms with Gasteiger partial charge in [0.15, 0.2) is 0 Å². The lowest BCUT2D eigenvalue weighted by Gasteiger charge is -2.12. The molecule has 0 spiro atoms. The van der Waals surface area contributed by atoms with Crippen LogP contribution in [0.25, 0.3) is 0 Å². The zero-order valence-corrected chi connectivity index (χ0v) is 12.2. The molecule has 0 saturated heterocycles. The quantitative estimate of drug-likeness (QED) is 0.687. The number of hydrogen-bond acceptors (Lipinski definition) is 3. The maximum absolute atomic E-state index is 5.57. The molecule has 0 saturated carbocycles. The summed E-state index contributed by atoms with van der Waals surface area (Å²) >= 11 is 0. The van der Waals surface area contributed by atoms with Crippen LogP contribution in [0.5, 0.6) is 0 Å². The van der Waals surface area contributed by atoms with Gasteiger partial charge in [0.05, 0.1) is 5.69 Å². The summed E-state index contributed by atoms with van der Waals surface area (Å²) < 4.78 is 7.75. The fourth-order valence-electron chi connectivity index (χ4n) is 1.78. The molecule has 104 valence electrons. The van der Waals surface area contributed by atoms with Gasteiger partial charge in [0.25, 0.3) is 0 Å². The van der Waals surface area contributed by atoms with Crippen LogP contribution in [0.3, 0.4) is 0 Å². The number of aryl methyl sites for hydroxylation is 2. The van der Waals surface area contributed by atoms with Gasteiger partial charge in [0, 0.05) is 32.0 Å². The monoisotopic (exact) mass is 253 g/mol. The molecule has 0 radical (unpaired) electrons. The Morgan fingerprint density at radius 3 is 2.72 bits per heavy atom. The minimum absolute atomic E-state index is 0.409. The molecule has 0 aliphatic rings. The van der Waals surface area contributed by atoms with Crippen molar-refractivity contribution in [2.24, 2.45) is 0 Å². The predicted molar refractivity (Wildman–Crippen MR) is 76.1 cm³/mol. The van der Waals surface area contributed by atoms with E-state index in [0.717, 1.165) is 44.2 Å². The maximum Gasteiger partial charge on any atom is 0.203 e. The van der Waals surface area contributed by atoms with Crippen LogP contribution in [0.4, 0.5) is 5.95 Å². The van der Waals surface area contributed by atoms with Crippen molar-refractivity contribution in [1.82, 2.24) is 9.55 Å². The Labute approximate surface area is 111 Å². The minimum atomic E-state index is 0.409. The second-order valence-corrected chi connectivity index (χ2v) is 5.02. The van der Waals surface area contributed by atoms with Crippen LogP contribution in [0.2, 0.25) is 0 Å². The first kappa shape index (κ1) is 15.0. The number of unbranched alkanes of at least 4 members (excludes halogenated alkanes) is 1. The standard InChI is InChI=1S/C14H27N3O/c1-5-6-9-18-10-7-8-17-11-13(4)16-14(17)15-12(2)3/h11-12H,5-10H2,1-4H3,(H,15,16). The van der Waals surface area contributed by atoms with Crippen LogP contribution >= 0.6 is 0 Å². The Balaban J connectivity index is 2.32. The van der Waals surface area contributed by atoms with Crippen molar-refractivity contribution in [3.63, 3.8) is 0 Å². The number of nitrogens with zero attached hydrogens (tertiary/aromatic N) is 2. The second-order valence-electron chi connectivity index (χ2n) is 5.02. The number of aromatic nitrogens is 2. The zero-order valence-electron chi connectivity index (χ0n) is 12.2. The van der Waals surface area contributed by atoms with Gasteiger partial charge >= 0.3 is 0 Å². The Hall–Kier alpha value is -1.03. The van der Waals surface area contributed by atoms with E-state index in [-0.39, 0.29) is 0 Å². The average Bonchev–Trinajstić information content (AvgIpc) is 2.63. The molecule has 0 aliphatic carbocycles. The van der Waals surface area contributed by atoms with Crippen LogP contribution in [0.1, 0.15) is 45.7 Å². The van der Waals surface area contributed by atoms with Crippen LogP contribution in [0, 0.1) is 6.92 Å². The van der Waals surface area contributed by atoms with Crippen LogP contribution < -0.4 is 5.32 Å². The van der Waals surface area contributed by atoms with E-state index < -0.39 is 0 Å². The summed E-state index contributed by atoms with van der Waals surface area (Å²) in [6.45, 7) is 11.1. The van der Waals surface area contributed by atoms with Gasteiger partial charge in [-0.3, -0.25) is 0 Å². The average molecular weight is 253 g/mol. The molecule has 1 aromatic rings. The van der Waals surface area contributed by atoms with Gasteiger partial charge in [-0.15, -0.1) is 0 Å². The fraction of sp³-hybridized carbons (Fsp3) is 0.786. The number of anilines is 1. The second kappa shape index (κ2) is 8.14. The van der Waals surface area contributed by atoms with E-state index >= 15 is 0 Å². The van der Waals surface area contributed by atoms with Crippen molar-refractivity contribution in [3.05, 3.63) is 11.9 Å². The van der Waals surface area contributed by atoms with Crippen molar-refractivity contribution >= 4 is 5.95 Å². The predicted octanol–water partition coefficient (Wildman–Crippen LogP) is 3.22.